The first-order valence-electron chi connectivity index (χ1n) is 10.7. The van der Waals surface area contributed by atoms with E-state index in [2.05, 4.69) is 10.6 Å². The smallest absolute Gasteiger partial charge is 0.270 e. The summed E-state index contributed by atoms with van der Waals surface area (Å²) in [4.78, 5) is 36.8. The van der Waals surface area contributed by atoms with E-state index in [9.17, 15) is 25.0 Å². The molecule has 0 saturated heterocycles. The van der Waals surface area contributed by atoms with Crippen molar-refractivity contribution < 1.29 is 18.9 Å². The van der Waals surface area contributed by atoms with E-state index in [1.165, 1.54) is 42.7 Å². The highest BCUT2D eigenvalue weighted by Crippen LogP contribution is 2.38. The quantitative estimate of drug-likeness (QED) is 0.198. The van der Waals surface area contributed by atoms with Gasteiger partial charge in [-0.25, -0.2) is 0 Å². The number of benzene rings is 1. The van der Waals surface area contributed by atoms with Crippen molar-refractivity contribution in [2.75, 3.05) is 12.4 Å². The number of nitriles is 1. The number of thiophene rings is 1. The summed E-state index contributed by atoms with van der Waals surface area (Å²) >= 11 is 7.52. The third kappa shape index (κ3) is 4.96. The second kappa shape index (κ2) is 10.1. The van der Waals surface area contributed by atoms with Crippen LogP contribution in [0.25, 0.3) is 17.4 Å². The van der Waals surface area contributed by atoms with Gasteiger partial charge in [0.1, 0.15) is 28.2 Å². The van der Waals surface area contributed by atoms with Crippen LogP contribution in [0.1, 0.15) is 39.4 Å². The molecule has 0 bridgehead atoms. The predicted molar refractivity (Wildman–Crippen MR) is 132 cm³/mol. The monoisotopic (exact) mass is 510 g/mol. The Morgan fingerprint density at radius 3 is 2.71 bits per heavy atom. The molecule has 3 aromatic rings. The fraction of sp³-hybridized carbons (Fsp3) is 0.208. The molecule has 0 spiro atoms. The van der Waals surface area contributed by atoms with Gasteiger partial charge >= 0.3 is 0 Å². The third-order valence-electron chi connectivity index (χ3n) is 5.56. The largest absolute Gasteiger partial charge is 0.457 e. The highest BCUT2D eigenvalue weighted by atomic mass is 35.5. The van der Waals surface area contributed by atoms with Crippen molar-refractivity contribution in [2.24, 2.45) is 0 Å². The van der Waals surface area contributed by atoms with Gasteiger partial charge in [-0.3, -0.25) is 19.7 Å². The van der Waals surface area contributed by atoms with Gasteiger partial charge in [-0.2, -0.15) is 5.26 Å². The molecule has 2 heterocycles. The Kier molecular flexibility index (Phi) is 7.00. The van der Waals surface area contributed by atoms with Crippen LogP contribution in [-0.2, 0) is 17.6 Å². The molecule has 1 aliphatic carbocycles. The molecule has 11 heteroatoms. The number of aryl methyl sites for hydroxylation is 1. The molecule has 2 N–H and O–H groups in total. The van der Waals surface area contributed by atoms with E-state index in [1.54, 1.807) is 12.1 Å². The first-order valence-corrected chi connectivity index (χ1v) is 11.9. The lowest BCUT2D eigenvalue weighted by molar-refractivity contribution is -0.384. The molecule has 0 radical (unpaired) electrons. The number of furan rings is 1. The average molecular weight is 511 g/mol. The van der Waals surface area contributed by atoms with Gasteiger partial charge < -0.3 is 15.1 Å². The highest BCUT2D eigenvalue weighted by Gasteiger charge is 2.26. The summed E-state index contributed by atoms with van der Waals surface area (Å²) in [5, 5.41) is 26.4. The molecule has 1 aromatic carbocycles. The molecule has 0 fully saturated rings. The van der Waals surface area contributed by atoms with Crippen LogP contribution in [0.2, 0.25) is 5.02 Å². The zero-order valence-corrected chi connectivity index (χ0v) is 20.1. The van der Waals surface area contributed by atoms with E-state index >= 15 is 0 Å². The SMILES string of the molecule is CNC(=O)c1c(NC(=O)/C(C#N)=C/c2ccc(-c3ccc([N+](=O)[O-])cc3Cl)o2)sc2c1CCCC2. The van der Waals surface area contributed by atoms with Gasteiger partial charge in [0.05, 0.1) is 15.5 Å². The van der Waals surface area contributed by atoms with Gasteiger partial charge in [0.25, 0.3) is 17.5 Å². The van der Waals surface area contributed by atoms with Gasteiger partial charge in [-0.05, 0) is 49.4 Å². The maximum absolute atomic E-state index is 12.9. The summed E-state index contributed by atoms with van der Waals surface area (Å²) in [6.45, 7) is 0. The lowest BCUT2D eigenvalue weighted by atomic mass is 9.95. The van der Waals surface area contributed by atoms with E-state index in [1.807, 2.05) is 6.07 Å². The Morgan fingerprint density at radius 1 is 1.26 bits per heavy atom. The summed E-state index contributed by atoms with van der Waals surface area (Å²) in [7, 11) is 1.53. The lowest BCUT2D eigenvalue weighted by Gasteiger charge is -2.12. The Morgan fingerprint density at radius 2 is 2.03 bits per heavy atom. The van der Waals surface area contributed by atoms with Crippen LogP contribution in [-0.4, -0.2) is 23.8 Å². The Bertz CT molecular complexity index is 1420. The van der Waals surface area contributed by atoms with Gasteiger partial charge in [0.2, 0.25) is 0 Å². The topological polar surface area (TPSA) is 138 Å². The van der Waals surface area contributed by atoms with Crippen molar-refractivity contribution in [3.05, 3.63) is 72.8 Å². The number of non-ortho nitro benzene ring substituents is 1. The Hall–Kier alpha value is -3.94. The summed E-state index contributed by atoms with van der Waals surface area (Å²) in [5.41, 5.74) is 1.47. The molecule has 178 valence electrons. The van der Waals surface area contributed by atoms with Crippen LogP contribution < -0.4 is 10.6 Å². The number of nitrogens with one attached hydrogen (secondary N) is 2. The van der Waals surface area contributed by atoms with Crippen molar-refractivity contribution in [1.82, 2.24) is 5.32 Å². The number of fused-ring (bicyclic) bond motifs is 1. The van der Waals surface area contributed by atoms with Crippen molar-refractivity contribution >= 4 is 51.5 Å². The Balaban J connectivity index is 1.59. The minimum atomic E-state index is -0.664. The molecule has 2 amide bonds. The first kappa shape index (κ1) is 24.2. The predicted octanol–water partition coefficient (Wildman–Crippen LogP) is 5.35. The van der Waals surface area contributed by atoms with Crippen LogP contribution in [0, 0.1) is 21.4 Å². The van der Waals surface area contributed by atoms with E-state index < -0.39 is 10.8 Å². The minimum absolute atomic E-state index is 0.130. The number of amides is 2. The summed E-state index contributed by atoms with van der Waals surface area (Å²) in [5.74, 6) is -0.403. The number of rotatable bonds is 6. The molecular formula is C24H19ClN4O5S. The van der Waals surface area contributed by atoms with Crippen LogP contribution in [0.15, 0.2) is 40.3 Å². The molecule has 1 aliphatic rings. The zero-order chi connectivity index (χ0) is 25.1. The van der Waals surface area contributed by atoms with Crippen molar-refractivity contribution in [3.63, 3.8) is 0 Å². The number of hydrogen-bond donors (Lipinski definition) is 2. The molecule has 0 atom stereocenters. The number of nitrogens with zero attached hydrogens (tertiary/aromatic N) is 2. The number of carbonyl (C=O) groups is 2. The number of nitro groups is 1. The van der Waals surface area contributed by atoms with Gasteiger partial charge in [0.15, 0.2) is 0 Å². The van der Waals surface area contributed by atoms with Gasteiger partial charge in [0, 0.05) is 35.7 Å². The van der Waals surface area contributed by atoms with E-state index in [0.29, 0.717) is 21.9 Å². The molecule has 35 heavy (non-hydrogen) atoms. The molecule has 2 aromatic heterocycles. The van der Waals surface area contributed by atoms with E-state index in [0.717, 1.165) is 36.1 Å². The maximum Gasteiger partial charge on any atom is 0.270 e. The van der Waals surface area contributed by atoms with Crippen LogP contribution in [0.4, 0.5) is 10.7 Å². The van der Waals surface area contributed by atoms with E-state index in [4.69, 9.17) is 16.0 Å². The van der Waals surface area contributed by atoms with Crippen LogP contribution in [0.5, 0.6) is 0 Å². The number of halogens is 1. The van der Waals surface area contributed by atoms with Crippen molar-refractivity contribution in [3.8, 4) is 17.4 Å². The lowest BCUT2D eigenvalue weighted by Crippen LogP contribution is -2.22. The first-order chi connectivity index (χ1) is 16.8. The third-order valence-corrected chi connectivity index (χ3v) is 7.08. The van der Waals surface area contributed by atoms with Gasteiger partial charge in [-0.15, -0.1) is 11.3 Å². The number of nitro benzene ring substituents is 1. The summed E-state index contributed by atoms with van der Waals surface area (Å²) < 4.78 is 5.71. The fourth-order valence-corrected chi connectivity index (χ4v) is 5.42. The zero-order valence-electron chi connectivity index (χ0n) is 18.5. The van der Waals surface area contributed by atoms with Crippen molar-refractivity contribution in [1.29, 1.82) is 5.26 Å². The normalized spacial score (nSPS) is 13.0. The minimum Gasteiger partial charge on any atom is -0.457 e. The average Bonchev–Trinajstić information content (AvgIpc) is 3.46. The van der Waals surface area contributed by atoms with Crippen molar-refractivity contribution in [2.45, 2.75) is 25.7 Å². The molecule has 4 rings (SSSR count). The van der Waals surface area contributed by atoms with Crippen LogP contribution >= 0.6 is 22.9 Å². The van der Waals surface area contributed by atoms with E-state index in [-0.39, 0.29) is 28.0 Å². The molecular weight excluding hydrogens is 492 g/mol. The number of hydrogen-bond acceptors (Lipinski definition) is 7. The molecule has 0 saturated carbocycles. The molecule has 0 aliphatic heterocycles. The molecule has 9 nitrogen and oxygen atoms in total. The highest BCUT2D eigenvalue weighted by molar-refractivity contribution is 7.17. The number of anilines is 1. The Labute approximate surface area is 209 Å². The summed E-state index contributed by atoms with van der Waals surface area (Å²) in [6, 6.07) is 8.99. The second-order valence-electron chi connectivity index (χ2n) is 7.74. The van der Waals surface area contributed by atoms with Crippen LogP contribution in [0.3, 0.4) is 0 Å². The fourth-order valence-electron chi connectivity index (χ4n) is 3.87. The standard InChI is InChI=1S/C24H19ClN4O5S/c1-27-23(31)21-17-4-2-3-5-20(17)35-24(21)28-22(30)13(12-26)10-15-7-9-19(34-15)16-8-6-14(29(32)33)11-18(16)25/h6-11H,2-5H2,1H3,(H,27,31)(H,28,30)/b13-10+. The second-order valence-corrected chi connectivity index (χ2v) is 9.25. The van der Waals surface area contributed by atoms with Gasteiger partial charge in [-0.1, -0.05) is 11.6 Å². The molecule has 0 unspecified atom stereocenters. The summed E-state index contributed by atoms with van der Waals surface area (Å²) in [6.07, 6.45) is 4.90. The maximum atomic E-state index is 12.9. The number of carbonyl (C=O) groups excluding carboxylic acids is 2.